The molecule has 1 aromatic carbocycles. The number of hydrogen-bond donors (Lipinski definition) is 2. The predicted octanol–water partition coefficient (Wildman–Crippen LogP) is 3.97. The van der Waals surface area contributed by atoms with Crippen molar-refractivity contribution in [1.82, 2.24) is 10.3 Å². The molecule has 0 radical (unpaired) electrons. The minimum Gasteiger partial charge on any atom is -0.508 e. The van der Waals surface area contributed by atoms with E-state index in [4.69, 9.17) is 0 Å². The molecule has 2 aromatic rings. The number of nitrogens with zero attached hydrogens (tertiary/aromatic N) is 1. The molecule has 1 heterocycles. The molecule has 1 amide bonds. The maximum Gasteiger partial charge on any atom is 0.270 e. The number of aromatic hydroxyl groups is 1. The van der Waals surface area contributed by atoms with E-state index in [-0.39, 0.29) is 46.9 Å². The van der Waals surface area contributed by atoms with E-state index in [1.54, 1.807) is 18.2 Å². The van der Waals surface area contributed by atoms with E-state index >= 15 is 0 Å². The van der Waals surface area contributed by atoms with Gasteiger partial charge in [0.05, 0.1) is 0 Å². The third-order valence-corrected chi connectivity index (χ3v) is 4.28. The van der Waals surface area contributed by atoms with Crippen LogP contribution in [0.4, 0.5) is 0 Å². The maximum absolute atomic E-state index is 12.6. The summed E-state index contributed by atoms with van der Waals surface area (Å²) in [6.45, 7) is 12.0. The molecule has 0 fully saturated rings. The number of nitrogens with one attached hydrogen (secondary N) is 1. The van der Waals surface area contributed by atoms with Crippen molar-refractivity contribution < 1.29 is 14.7 Å². The van der Waals surface area contributed by atoms with Crippen LogP contribution in [0.3, 0.4) is 0 Å². The number of carbonyl (C=O) groups is 2. The number of phenols is 1. The molecule has 2 rings (SSSR count). The van der Waals surface area contributed by atoms with E-state index in [0.29, 0.717) is 5.56 Å². The van der Waals surface area contributed by atoms with Crippen molar-refractivity contribution in [1.29, 1.82) is 0 Å². The lowest BCUT2D eigenvalue weighted by Crippen LogP contribution is -2.40. The minimum atomic E-state index is -0.361. The molecule has 28 heavy (non-hydrogen) atoms. The maximum atomic E-state index is 12.6. The Balaban J connectivity index is 2.12. The van der Waals surface area contributed by atoms with E-state index in [1.807, 2.05) is 32.9 Å². The van der Waals surface area contributed by atoms with Gasteiger partial charge in [-0.2, -0.15) is 0 Å². The summed E-state index contributed by atoms with van der Waals surface area (Å²) in [5.74, 6) is -0.173. The number of carbonyl (C=O) groups excluding carboxylic acids is 2. The number of hydrogen-bond acceptors (Lipinski definition) is 4. The summed E-state index contributed by atoms with van der Waals surface area (Å²) < 4.78 is 0. The summed E-state index contributed by atoms with van der Waals surface area (Å²) in [6, 6.07) is 8.79. The van der Waals surface area contributed by atoms with Crippen molar-refractivity contribution in [2.45, 2.75) is 65.3 Å². The number of pyridine rings is 1. The van der Waals surface area contributed by atoms with Crippen LogP contribution in [0.25, 0.3) is 0 Å². The summed E-state index contributed by atoms with van der Waals surface area (Å²) in [7, 11) is 0. The Bertz CT molecular complexity index is 874. The second-order valence-electron chi connectivity index (χ2n) is 9.24. The molecule has 0 saturated carbocycles. The first-order valence-corrected chi connectivity index (χ1v) is 9.47. The van der Waals surface area contributed by atoms with Gasteiger partial charge in [0, 0.05) is 30.1 Å². The quantitative estimate of drug-likeness (QED) is 0.820. The molecule has 0 aliphatic heterocycles. The van der Waals surface area contributed by atoms with E-state index in [9.17, 15) is 14.7 Å². The van der Waals surface area contributed by atoms with Gasteiger partial charge in [0.15, 0.2) is 0 Å². The Morgan fingerprint density at radius 3 is 2.29 bits per heavy atom. The van der Waals surface area contributed by atoms with Gasteiger partial charge in [-0.25, -0.2) is 0 Å². The van der Waals surface area contributed by atoms with Crippen LogP contribution in [0.2, 0.25) is 0 Å². The van der Waals surface area contributed by atoms with E-state index < -0.39 is 0 Å². The van der Waals surface area contributed by atoms with Crippen molar-refractivity contribution in [3.8, 4) is 5.75 Å². The van der Waals surface area contributed by atoms with Crippen LogP contribution in [0.5, 0.6) is 5.75 Å². The lowest BCUT2D eigenvalue weighted by atomic mass is 9.85. The van der Waals surface area contributed by atoms with Gasteiger partial charge in [-0.1, -0.05) is 32.9 Å². The van der Waals surface area contributed by atoms with Crippen LogP contribution in [0, 0.1) is 0 Å². The van der Waals surface area contributed by atoms with Crippen LogP contribution >= 0.6 is 0 Å². The summed E-state index contributed by atoms with van der Waals surface area (Å²) in [5, 5.41) is 13.0. The Morgan fingerprint density at radius 2 is 1.68 bits per heavy atom. The van der Waals surface area contributed by atoms with Gasteiger partial charge in [-0.3, -0.25) is 14.6 Å². The molecular formula is C23H30N2O3. The van der Waals surface area contributed by atoms with Crippen LogP contribution in [0.1, 0.15) is 68.7 Å². The highest BCUT2D eigenvalue weighted by molar-refractivity contribution is 5.93. The lowest BCUT2D eigenvalue weighted by Gasteiger charge is -2.20. The average molecular weight is 383 g/mol. The topological polar surface area (TPSA) is 79.3 Å². The Hall–Kier alpha value is -2.69. The van der Waals surface area contributed by atoms with Gasteiger partial charge in [0.1, 0.15) is 17.2 Å². The zero-order valence-corrected chi connectivity index (χ0v) is 17.6. The number of phenolic OH excluding ortho intramolecular Hbond substituents is 1. The number of aromatic nitrogens is 1. The smallest absolute Gasteiger partial charge is 0.270 e. The number of rotatable bonds is 5. The fourth-order valence-corrected chi connectivity index (χ4v) is 2.81. The molecule has 0 atom stereocenters. The SMILES string of the molecule is CC(C)(C)NC(=O)c1cc(CC(=O)Cc2cc(C(C)(C)C)ccc2O)ccn1. The lowest BCUT2D eigenvalue weighted by molar-refractivity contribution is -0.117. The van der Waals surface area contributed by atoms with Crippen LogP contribution in [-0.2, 0) is 23.1 Å². The van der Waals surface area contributed by atoms with Crippen molar-refractivity contribution in [2.24, 2.45) is 0 Å². The summed E-state index contributed by atoms with van der Waals surface area (Å²) in [4.78, 5) is 29.0. The normalized spacial score (nSPS) is 11.9. The standard InChI is InChI=1S/C23H30N2O3/c1-22(2,3)17-7-8-20(27)16(13-17)14-18(26)11-15-9-10-24-19(12-15)21(28)25-23(4,5)6/h7-10,12-13,27H,11,14H2,1-6H3,(H,25,28). The molecule has 0 aliphatic carbocycles. The molecule has 5 heteroatoms. The zero-order chi connectivity index (χ0) is 21.1. The first kappa shape index (κ1) is 21.6. The molecular weight excluding hydrogens is 352 g/mol. The van der Waals surface area contributed by atoms with E-state index in [1.165, 1.54) is 6.20 Å². The largest absolute Gasteiger partial charge is 0.508 e. The summed E-state index contributed by atoms with van der Waals surface area (Å²) >= 11 is 0. The first-order valence-electron chi connectivity index (χ1n) is 9.47. The van der Waals surface area contributed by atoms with Crippen molar-refractivity contribution in [3.05, 3.63) is 58.9 Å². The van der Waals surface area contributed by atoms with E-state index in [2.05, 4.69) is 31.1 Å². The molecule has 0 saturated heterocycles. The third kappa shape index (κ3) is 6.19. The number of ketones is 1. The molecule has 2 N–H and O–H groups in total. The Morgan fingerprint density at radius 1 is 1.00 bits per heavy atom. The highest BCUT2D eigenvalue weighted by Gasteiger charge is 2.19. The van der Waals surface area contributed by atoms with Crippen LogP contribution < -0.4 is 5.32 Å². The second-order valence-corrected chi connectivity index (χ2v) is 9.24. The van der Waals surface area contributed by atoms with Gasteiger partial charge in [0.25, 0.3) is 5.91 Å². The van der Waals surface area contributed by atoms with Crippen molar-refractivity contribution >= 4 is 11.7 Å². The molecule has 5 nitrogen and oxygen atoms in total. The highest BCUT2D eigenvalue weighted by atomic mass is 16.3. The fourth-order valence-electron chi connectivity index (χ4n) is 2.81. The molecule has 150 valence electrons. The molecule has 0 unspecified atom stereocenters. The van der Waals surface area contributed by atoms with Crippen LogP contribution in [-0.4, -0.2) is 27.3 Å². The van der Waals surface area contributed by atoms with Gasteiger partial charge in [-0.05, 0) is 55.5 Å². The fraction of sp³-hybridized carbons (Fsp3) is 0.435. The van der Waals surface area contributed by atoms with Crippen LogP contribution in [0.15, 0.2) is 36.5 Å². The number of Topliss-reactive ketones (excluding diaryl/α,β-unsaturated/α-hetero) is 1. The zero-order valence-electron chi connectivity index (χ0n) is 17.6. The minimum absolute atomic E-state index is 0.0326. The van der Waals surface area contributed by atoms with Crippen molar-refractivity contribution in [2.75, 3.05) is 0 Å². The number of benzene rings is 1. The molecule has 1 aromatic heterocycles. The van der Waals surface area contributed by atoms with Gasteiger partial charge >= 0.3 is 0 Å². The molecule has 0 spiro atoms. The van der Waals surface area contributed by atoms with Crippen molar-refractivity contribution in [3.63, 3.8) is 0 Å². The summed E-state index contributed by atoms with van der Waals surface area (Å²) in [6.07, 6.45) is 1.86. The van der Waals surface area contributed by atoms with Gasteiger partial charge in [-0.15, -0.1) is 0 Å². The van der Waals surface area contributed by atoms with E-state index in [0.717, 1.165) is 11.1 Å². The Kier molecular flexibility index (Phi) is 6.27. The Labute approximate surface area is 167 Å². The molecule has 0 aliphatic rings. The van der Waals surface area contributed by atoms with Gasteiger partial charge in [0.2, 0.25) is 0 Å². The monoisotopic (exact) mass is 382 g/mol. The average Bonchev–Trinajstić information content (AvgIpc) is 2.54. The number of amides is 1. The molecule has 0 bridgehead atoms. The second kappa shape index (κ2) is 8.13. The predicted molar refractivity (Wildman–Crippen MR) is 111 cm³/mol. The first-order chi connectivity index (χ1) is 12.8. The van der Waals surface area contributed by atoms with Gasteiger partial charge < -0.3 is 10.4 Å². The highest BCUT2D eigenvalue weighted by Crippen LogP contribution is 2.28. The summed E-state index contributed by atoms with van der Waals surface area (Å²) in [5.41, 5.74) is 2.28. The third-order valence-electron chi connectivity index (χ3n) is 4.28.